The van der Waals surface area contributed by atoms with E-state index in [9.17, 15) is 4.79 Å². The lowest BCUT2D eigenvalue weighted by molar-refractivity contribution is -0.145. The van der Waals surface area contributed by atoms with Crippen LogP contribution in [0.25, 0.3) is 0 Å². The fourth-order valence-electron chi connectivity index (χ4n) is 2.32. The van der Waals surface area contributed by atoms with E-state index in [2.05, 4.69) is 13.2 Å². The molecule has 0 saturated heterocycles. The summed E-state index contributed by atoms with van der Waals surface area (Å²) in [5.41, 5.74) is 1.01. The molecule has 1 fully saturated rings. The molecule has 3 nitrogen and oxygen atoms in total. The second-order valence-electron chi connectivity index (χ2n) is 4.54. The van der Waals surface area contributed by atoms with Gasteiger partial charge in [0.2, 0.25) is 0 Å². The standard InChI is InChI=1S/C15H22O3.C2H6/c1-5-7-12(6-2)11(3)18-14-9-8-13(10-14)15(16)17-4;1-2/h5-7,11,13-14H,1-2,8-10H2,3-4H3;1-2H3/b12-7+;/t11?,13-,14+;/m1./s1. The third kappa shape index (κ3) is 5.74. The minimum absolute atomic E-state index is 0.0113. The third-order valence-corrected chi connectivity index (χ3v) is 3.33. The van der Waals surface area contributed by atoms with E-state index >= 15 is 0 Å². The average Bonchev–Trinajstić information content (AvgIpc) is 2.94. The lowest BCUT2D eigenvalue weighted by atomic mass is 10.1. The topological polar surface area (TPSA) is 35.5 Å². The van der Waals surface area contributed by atoms with Crippen molar-refractivity contribution in [2.24, 2.45) is 5.92 Å². The normalized spacial score (nSPS) is 23.3. The van der Waals surface area contributed by atoms with Gasteiger partial charge in [-0.15, -0.1) is 0 Å². The molecule has 3 heteroatoms. The molecule has 1 unspecified atom stereocenters. The summed E-state index contributed by atoms with van der Waals surface area (Å²) in [6.45, 7) is 13.4. The molecule has 1 aliphatic carbocycles. The molecule has 1 rings (SSSR count). The van der Waals surface area contributed by atoms with E-state index in [4.69, 9.17) is 9.47 Å². The van der Waals surface area contributed by atoms with E-state index in [-0.39, 0.29) is 24.1 Å². The summed E-state index contributed by atoms with van der Waals surface area (Å²) in [6, 6.07) is 0. The Balaban J connectivity index is 0.00000172. The lowest BCUT2D eigenvalue weighted by Gasteiger charge is -2.19. The largest absolute Gasteiger partial charge is 0.469 e. The molecule has 0 amide bonds. The Labute approximate surface area is 123 Å². The number of rotatable bonds is 6. The second-order valence-corrected chi connectivity index (χ2v) is 4.54. The third-order valence-electron chi connectivity index (χ3n) is 3.33. The van der Waals surface area contributed by atoms with Gasteiger partial charge in [0.15, 0.2) is 0 Å². The minimum Gasteiger partial charge on any atom is -0.469 e. The number of ether oxygens (including phenoxy) is 2. The van der Waals surface area contributed by atoms with Crippen molar-refractivity contribution in [1.29, 1.82) is 0 Å². The Morgan fingerprint density at radius 3 is 2.45 bits per heavy atom. The van der Waals surface area contributed by atoms with Crippen LogP contribution in [0.3, 0.4) is 0 Å². The summed E-state index contributed by atoms with van der Waals surface area (Å²) < 4.78 is 10.7. The molecule has 0 heterocycles. The van der Waals surface area contributed by atoms with Crippen molar-refractivity contribution in [3.8, 4) is 0 Å². The highest BCUT2D eigenvalue weighted by molar-refractivity contribution is 5.72. The second kappa shape index (κ2) is 10.4. The summed E-state index contributed by atoms with van der Waals surface area (Å²) in [5, 5.41) is 0. The van der Waals surface area contributed by atoms with Gasteiger partial charge in [-0.2, -0.15) is 0 Å². The van der Waals surface area contributed by atoms with Crippen LogP contribution in [0.2, 0.25) is 0 Å². The molecule has 0 bridgehead atoms. The fourth-order valence-corrected chi connectivity index (χ4v) is 2.32. The van der Waals surface area contributed by atoms with E-state index in [0.717, 1.165) is 24.8 Å². The molecule has 3 atom stereocenters. The summed E-state index contributed by atoms with van der Waals surface area (Å²) in [7, 11) is 1.43. The summed E-state index contributed by atoms with van der Waals surface area (Å²) >= 11 is 0. The lowest BCUT2D eigenvalue weighted by Crippen LogP contribution is -2.20. The van der Waals surface area contributed by atoms with Gasteiger partial charge >= 0.3 is 5.97 Å². The van der Waals surface area contributed by atoms with Crippen LogP contribution in [-0.4, -0.2) is 25.3 Å². The van der Waals surface area contributed by atoms with E-state index in [0.29, 0.717) is 0 Å². The molecule has 0 aromatic rings. The fraction of sp³-hybridized carbons (Fsp3) is 0.588. The smallest absolute Gasteiger partial charge is 0.308 e. The zero-order valence-corrected chi connectivity index (χ0v) is 13.2. The van der Waals surface area contributed by atoms with Crippen LogP contribution in [-0.2, 0) is 14.3 Å². The van der Waals surface area contributed by atoms with Crippen LogP contribution >= 0.6 is 0 Å². The zero-order valence-electron chi connectivity index (χ0n) is 13.2. The van der Waals surface area contributed by atoms with Crippen LogP contribution in [0.5, 0.6) is 0 Å². The molecule has 0 spiro atoms. The van der Waals surface area contributed by atoms with Crippen molar-refractivity contribution in [2.45, 2.75) is 52.2 Å². The highest BCUT2D eigenvalue weighted by Crippen LogP contribution is 2.30. The predicted molar refractivity (Wildman–Crippen MR) is 83.5 cm³/mol. The molecule has 0 aliphatic heterocycles. The van der Waals surface area contributed by atoms with Gasteiger partial charge < -0.3 is 9.47 Å². The first kappa shape index (κ1) is 18.7. The van der Waals surface area contributed by atoms with Gasteiger partial charge in [0.1, 0.15) is 0 Å². The average molecular weight is 280 g/mol. The van der Waals surface area contributed by atoms with Gasteiger partial charge in [-0.3, -0.25) is 4.79 Å². The van der Waals surface area contributed by atoms with E-state index in [1.165, 1.54) is 7.11 Å². The molecule has 1 aliphatic rings. The van der Waals surface area contributed by atoms with Crippen LogP contribution in [0.1, 0.15) is 40.0 Å². The van der Waals surface area contributed by atoms with E-state index < -0.39 is 0 Å². The number of esters is 1. The Morgan fingerprint density at radius 2 is 1.95 bits per heavy atom. The first-order valence-corrected chi connectivity index (χ1v) is 7.30. The molecule has 0 radical (unpaired) electrons. The van der Waals surface area contributed by atoms with E-state index in [1.807, 2.05) is 26.8 Å². The van der Waals surface area contributed by atoms with E-state index in [1.54, 1.807) is 12.2 Å². The number of carbonyl (C=O) groups excluding carboxylic acids is 1. The highest BCUT2D eigenvalue weighted by Gasteiger charge is 2.32. The highest BCUT2D eigenvalue weighted by atomic mass is 16.5. The van der Waals surface area contributed by atoms with Gasteiger partial charge in [0.05, 0.1) is 25.2 Å². The molecular weight excluding hydrogens is 252 g/mol. The Kier molecular flexibility index (Phi) is 9.73. The molecule has 114 valence electrons. The van der Waals surface area contributed by atoms with Gasteiger partial charge in [0, 0.05) is 0 Å². The summed E-state index contributed by atoms with van der Waals surface area (Å²) in [6.07, 6.45) is 7.99. The Morgan fingerprint density at radius 1 is 1.30 bits per heavy atom. The molecular formula is C17H28O3. The van der Waals surface area contributed by atoms with Crippen LogP contribution in [0, 0.1) is 5.92 Å². The van der Waals surface area contributed by atoms with Crippen LogP contribution < -0.4 is 0 Å². The molecule has 0 N–H and O–H groups in total. The number of allylic oxidation sites excluding steroid dienone is 2. The maximum atomic E-state index is 11.4. The minimum atomic E-state index is -0.126. The molecule has 20 heavy (non-hydrogen) atoms. The Bertz CT molecular complexity index is 344. The van der Waals surface area contributed by atoms with Crippen molar-refractivity contribution in [3.63, 3.8) is 0 Å². The summed E-state index contributed by atoms with van der Waals surface area (Å²) in [4.78, 5) is 11.4. The number of carbonyl (C=O) groups is 1. The molecule has 0 aromatic carbocycles. The van der Waals surface area contributed by atoms with Crippen molar-refractivity contribution in [1.82, 2.24) is 0 Å². The van der Waals surface area contributed by atoms with Crippen LogP contribution in [0.15, 0.2) is 37.0 Å². The zero-order chi connectivity index (χ0) is 15.5. The van der Waals surface area contributed by atoms with Gasteiger partial charge in [-0.1, -0.05) is 45.2 Å². The Hall–Kier alpha value is -1.35. The first-order chi connectivity index (χ1) is 9.62. The maximum absolute atomic E-state index is 11.4. The number of hydrogen-bond donors (Lipinski definition) is 0. The first-order valence-electron chi connectivity index (χ1n) is 7.30. The number of hydrogen-bond acceptors (Lipinski definition) is 3. The maximum Gasteiger partial charge on any atom is 0.308 e. The van der Waals surface area contributed by atoms with Crippen LogP contribution in [0.4, 0.5) is 0 Å². The quantitative estimate of drug-likeness (QED) is 0.544. The van der Waals surface area contributed by atoms with Crippen molar-refractivity contribution >= 4 is 5.97 Å². The molecule has 0 aromatic heterocycles. The van der Waals surface area contributed by atoms with Crippen molar-refractivity contribution in [2.75, 3.05) is 7.11 Å². The van der Waals surface area contributed by atoms with Crippen molar-refractivity contribution < 1.29 is 14.3 Å². The number of methoxy groups -OCH3 is 1. The predicted octanol–water partition coefficient (Wildman–Crippen LogP) is 4.06. The van der Waals surface area contributed by atoms with Gasteiger partial charge in [-0.25, -0.2) is 0 Å². The summed E-state index contributed by atoms with van der Waals surface area (Å²) in [5.74, 6) is -0.137. The van der Waals surface area contributed by atoms with Crippen molar-refractivity contribution in [3.05, 3.63) is 37.0 Å². The van der Waals surface area contributed by atoms with Gasteiger partial charge in [0.25, 0.3) is 0 Å². The van der Waals surface area contributed by atoms with Gasteiger partial charge in [-0.05, 0) is 31.8 Å². The SMILES string of the molecule is C=C/C=C(\C=C)C(C)O[C@H]1CC[C@@H](C(=O)OC)C1.CC. The molecule has 1 saturated carbocycles. The monoisotopic (exact) mass is 280 g/mol.